The van der Waals surface area contributed by atoms with Crippen molar-refractivity contribution in [3.8, 4) is 5.75 Å². The van der Waals surface area contributed by atoms with Crippen molar-refractivity contribution >= 4 is 32.9 Å². The average Bonchev–Trinajstić information content (AvgIpc) is 3.05. The summed E-state index contributed by atoms with van der Waals surface area (Å²) in [6.45, 7) is 2.51. The van der Waals surface area contributed by atoms with Crippen molar-refractivity contribution in [1.29, 1.82) is 0 Å². The number of aromatic hydroxyl groups is 1. The van der Waals surface area contributed by atoms with Gasteiger partial charge in [-0.25, -0.2) is 4.52 Å². The lowest BCUT2D eigenvalue weighted by Crippen LogP contribution is -2.20. The van der Waals surface area contributed by atoms with E-state index in [1.165, 1.54) is 6.07 Å². The SMILES string of the molecule is CN(C)CCNc1ccc2c(CNCCO)nn3c4cccc(=O)c4c(O)c1c23. The molecule has 0 aliphatic carbocycles. The van der Waals surface area contributed by atoms with Crippen LogP contribution in [0.2, 0.25) is 0 Å². The molecule has 8 nitrogen and oxygen atoms in total. The molecule has 0 saturated heterocycles. The van der Waals surface area contributed by atoms with E-state index in [1.807, 2.05) is 26.2 Å². The molecule has 0 amide bonds. The minimum atomic E-state index is -0.239. The molecule has 0 spiro atoms. The summed E-state index contributed by atoms with van der Waals surface area (Å²) < 4.78 is 1.74. The standard InChI is InChI=1S/C21H25N5O3/c1-25(2)10-8-23-14-7-6-13-15(12-22-9-11-27)24-26-16-4-3-5-17(28)19(16)21(29)18(14)20(13)26/h3-7,22-23,27,29H,8-12H2,1-2H3. The zero-order valence-corrected chi connectivity index (χ0v) is 16.6. The van der Waals surface area contributed by atoms with Crippen molar-refractivity contribution < 1.29 is 10.2 Å². The lowest BCUT2D eigenvalue weighted by Gasteiger charge is -2.15. The number of aliphatic hydroxyl groups is 1. The van der Waals surface area contributed by atoms with E-state index in [-0.39, 0.29) is 23.2 Å². The van der Waals surface area contributed by atoms with Gasteiger partial charge in [0.15, 0.2) is 5.43 Å². The quantitative estimate of drug-likeness (QED) is 0.263. The summed E-state index contributed by atoms with van der Waals surface area (Å²) in [4.78, 5) is 14.6. The minimum absolute atomic E-state index is 0.0224. The highest BCUT2D eigenvalue weighted by molar-refractivity contribution is 6.13. The molecule has 152 valence electrons. The Hall–Kier alpha value is -2.94. The second kappa shape index (κ2) is 7.82. The first kappa shape index (κ1) is 19.4. The molecule has 2 heterocycles. The van der Waals surface area contributed by atoms with Gasteiger partial charge in [0.05, 0.1) is 34.1 Å². The Morgan fingerprint density at radius 2 is 1.97 bits per heavy atom. The Morgan fingerprint density at radius 3 is 2.72 bits per heavy atom. The normalized spacial score (nSPS) is 12.0. The number of pyridine rings is 1. The highest BCUT2D eigenvalue weighted by Gasteiger charge is 2.21. The van der Waals surface area contributed by atoms with Crippen molar-refractivity contribution in [2.24, 2.45) is 0 Å². The lowest BCUT2D eigenvalue weighted by molar-refractivity contribution is 0.291. The predicted molar refractivity (Wildman–Crippen MR) is 115 cm³/mol. The number of rotatable bonds is 8. The fourth-order valence-corrected chi connectivity index (χ4v) is 3.72. The molecule has 2 aromatic heterocycles. The van der Waals surface area contributed by atoms with Gasteiger partial charge in [-0.1, -0.05) is 6.07 Å². The molecule has 2 aromatic carbocycles. The van der Waals surface area contributed by atoms with E-state index in [2.05, 4.69) is 15.5 Å². The summed E-state index contributed by atoms with van der Waals surface area (Å²) >= 11 is 0. The molecule has 4 aromatic rings. The van der Waals surface area contributed by atoms with Crippen LogP contribution in [0.3, 0.4) is 0 Å². The maximum atomic E-state index is 12.5. The number of nitrogens with zero attached hydrogens (tertiary/aromatic N) is 3. The summed E-state index contributed by atoms with van der Waals surface area (Å²) in [5.74, 6) is -0.0224. The van der Waals surface area contributed by atoms with Gasteiger partial charge < -0.3 is 25.7 Å². The molecular formula is C21H25N5O3. The molecule has 0 saturated carbocycles. The van der Waals surface area contributed by atoms with E-state index < -0.39 is 0 Å². The Bertz CT molecular complexity index is 1220. The van der Waals surface area contributed by atoms with E-state index in [0.29, 0.717) is 30.5 Å². The number of anilines is 1. The molecular weight excluding hydrogens is 370 g/mol. The van der Waals surface area contributed by atoms with Gasteiger partial charge in [-0.15, -0.1) is 0 Å². The molecule has 4 N–H and O–H groups in total. The molecule has 4 rings (SSSR count). The average molecular weight is 395 g/mol. The highest BCUT2D eigenvalue weighted by Crippen LogP contribution is 2.40. The van der Waals surface area contributed by atoms with Gasteiger partial charge >= 0.3 is 0 Å². The highest BCUT2D eigenvalue weighted by atomic mass is 16.3. The number of fused-ring (bicyclic) bond motifs is 2. The van der Waals surface area contributed by atoms with Crippen LogP contribution in [0.5, 0.6) is 5.75 Å². The van der Waals surface area contributed by atoms with Crippen molar-refractivity contribution in [2.75, 3.05) is 45.7 Å². The predicted octanol–water partition coefficient (Wildman–Crippen LogP) is 1.20. The second-order valence-corrected chi connectivity index (χ2v) is 7.37. The number of likely N-dealkylation sites (N-methyl/N-ethyl adjacent to an activating group) is 1. The van der Waals surface area contributed by atoms with Crippen LogP contribution in [0.1, 0.15) is 5.69 Å². The van der Waals surface area contributed by atoms with Gasteiger partial charge in [0.2, 0.25) is 0 Å². The van der Waals surface area contributed by atoms with E-state index in [0.717, 1.165) is 28.8 Å². The van der Waals surface area contributed by atoms with E-state index >= 15 is 0 Å². The van der Waals surface area contributed by atoms with Crippen molar-refractivity contribution in [2.45, 2.75) is 6.54 Å². The topological polar surface area (TPSA) is 102 Å². The van der Waals surface area contributed by atoms with Crippen molar-refractivity contribution in [1.82, 2.24) is 19.8 Å². The third-order valence-corrected chi connectivity index (χ3v) is 5.08. The molecule has 0 fully saturated rings. The monoisotopic (exact) mass is 395 g/mol. The first-order chi connectivity index (χ1) is 14.0. The van der Waals surface area contributed by atoms with Crippen LogP contribution in [0.25, 0.3) is 27.2 Å². The summed E-state index contributed by atoms with van der Waals surface area (Å²) in [5, 5.41) is 33.2. The number of aliphatic hydroxyl groups excluding tert-OH is 1. The molecule has 8 heteroatoms. The fourth-order valence-electron chi connectivity index (χ4n) is 3.72. The smallest absolute Gasteiger partial charge is 0.191 e. The first-order valence-electron chi connectivity index (χ1n) is 9.64. The van der Waals surface area contributed by atoms with Gasteiger partial charge in [-0.2, -0.15) is 5.10 Å². The minimum Gasteiger partial charge on any atom is -0.506 e. The third kappa shape index (κ3) is 3.35. The van der Waals surface area contributed by atoms with E-state index in [1.54, 1.807) is 16.6 Å². The molecule has 0 radical (unpaired) electrons. The van der Waals surface area contributed by atoms with Crippen LogP contribution in [-0.2, 0) is 6.54 Å². The Morgan fingerprint density at radius 1 is 1.14 bits per heavy atom. The fraction of sp³-hybridized carbons (Fsp3) is 0.333. The number of nitrogens with one attached hydrogen (secondary N) is 2. The first-order valence-corrected chi connectivity index (χ1v) is 9.64. The molecule has 0 bridgehead atoms. The maximum absolute atomic E-state index is 12.5. The van der Waals surface area contributed by atoms with E-state index in [4.69, 9.17) is 10.2 Å². The Balaban J connectivity index is 1.98. The maximum Gasteiger partial charge on any atom is 0.191 e. The van der Waals surface area contributed by atoms with Crippen molar-refractivity contribution in [3.05, 3.63) is 46.2 Å². The van der Waals surface area contributed by atoms with Crippen LogP contribution < -0.4 is 16.1 Å². The Labute approximate surface area is 167 Å². The van der Waals surface area contributed by atoms with Crippen LogP contribution in [0.4, 0.5) is 5.69 Å². The lowest BCUT2D eigenvalue weighted by atomic mass is 10.0. The molecule has 0 unspecified atom stereocenters. The molecule has 0 atom stereocenters. The van der Waals surface area contributed by atoms with E-state index in [9.17, 15) is 9.90 Å². The summed E-state index contributed by atoms with van der Waals surface area (Å²) in [7, 11) is 4.00. The summed E-state index contributed by atoms with van der Waals surface area (Å²) in [6, 6.07) is 8.82. The van der Waals surface area contributed by atoms with Gasteiger partial charge in [0.1, 0.15) is 5.75 Å². The zero-order valence-electron chi connectivity index (χ0n) is 16.6. The van der Waals surface area contributed by atoms with Crippen LogP contribution >= 0.6 is 0 Å². The third-order valence-electron chi connectivity index (χ3n) is 5.08. The summed E-state index contributed by atoms with van der Waals surface area (Å²) in [5.41, 5.74) is 2.67. The van der Waals surface area contributed by atoms with Gasteiger partial charge in [0, 0.05) is 37.3 Å². The molecule has 29 heavy (non-hydrogen) atoms. The van der Waals surface area contributed by atoms with Gasteiger partial charge in [-0.3, -0.25) is 4.79 Å². The number of aromatic nitrogens is 2. The van der Waals surface area contributed by atoms with Gasteiger partial charge in [0.25, 0.3) is 0 Å². The molecule has 0 aliphatic heterocycles. The number of benzene rings is 2. The number of hydrogen-bond donors (Lipinski definition) is 4. The zero-order chi connectivity index (χ0) is 20.5. The number of hydrogen-bond acceptors (Lipinski definition) is 7. The Kier molecular flexibility index (Phi) is 5.23. The second-order valence-electron chi connectivity index (χ2n) is 7.37. The molecule has 0 aliphatic rings. The van der Waals surface area contributed by atoms with Gasteiger partial charge in [-0.05, 0) is 38.4 Å². The van der Waals surface area contributed by atoms with Crippen LogP contribution in [-0.4, -0.2) is 65.1 Å². The largest absolute Gasteiger partial charge is 0.506 e. The summed E-state index contributed by atoms with van der Waals surface area (Å²) in [6.07, 6.45) is 0. The van der Waals surface area contributed by atoms with Crippen molar-refractivity contribution in [3.63, 3.8) is 0 Å². The van der Waals surface area contributed by atoms with Crippen LogP contribution in [0.15, 0.2) is 35.1 Å². The van der Waals surface area contributed by atoms with Crippen LogP contribution in [0, 0.1) is 0 Å².